The molecule has 0 atom stereocenters. The molecule has 2 aromatic carbocycles. The minimum Gasteiger partial charge on any atom is -0.341 e. The Morgan fingerprint density at radius 1 is 1.04 bits per heavy atom. The van der Waals surface area contributed by atoms with E-state index in [9.17, 15) is 9.59 Å². The Balaban J connectivity index is 1.75. The van der Waals surface area contributed by atoms with Crippen molar-refractivity contribution < 1.29 is 9.59 Å². The fourth-order valence-electron chi connectivity index (χ4n) is 2.73. The van der Waals surface area contributed by atoms with Gasteiger partial charge in [-0.25, -0.2) is 0 Å². The summed E-state index contributed by atoms with van der Waals surface area (Å²) in [6.45, 7) is 9.10. The van der Waals surface area contributed by atoms with Crippen molar-refractivity contribution in [3.8, 4) is 0 Å². The summed E-state index contributed by atoms with van der Waals surface area (Å²) in [5.41, 5.74) is 4.38. The summed E-state index contributed by atoms with van der Waals surface area (Å²) < 4.78 is 0. The highest BCUT2D eigenvalue weighted by molar-refractivity contribution is 8.00. The molecule has 0 fully saturated rings. The molecule has 28 heavy (non-hydrogen) atoms. The molecule has 0 unspecified atom stereocenters. The van der Waals surface area contributed by atoms with Crippen molar-refractivity contribution in [2.45, 2.75) is 39.7 Å². The smallest absolute Gasteiger partial charge is 0.234 e. The summed E-state index contributed by atoms with van der Waals surface area (Å²) in [4.78, 5) is 26.1. The molecule has 0 bridgehead atoms. The van der Waals surface area contributed by atoms with Crippen LogP contribution < -0.4 is 5.32 Å². The molecule has 150 valence electrons. The summed E-state index contributed by atoms with van der Waals surface area (Å²) in [5.74, 6) is 0.475. The number of rotatable bonds is 7. The molecule has 0 aliphatic rings. The summed E-state index contributed by atoms with van der Waals surface area (Å²) in [5, 5.41) is 2.86. The Morgan fingerprint density at radius 3 is 2.32 bits per heavy atom. The largest absolute Gasteiger partial charge is 0.341 e. The van der Waals surface area contributed by atoms with Crippen molar-refractivity contribution in [2.75, 3.05) is 23.9 Å². The van der Waals surface area contributed by atoms with Gasteiger partial charge >= 0.3 is 0 Å². The Labute approximate surface area is 172 Å². The molecule has 2 rings (SSSR count). The zero-order valence-corrected chi connectivity index (χ0v) is 18.2. The van der Waals surface area contributed by atoms with E-state index in [1.54, 1.807) is 11.9 Å². The van der Waals surface area contributed by atoms with Gasteiger partial charge in [0.2, 0.25) is 11.8 Å². The molecule has 4 nitrogen and oxygen atoms in total. The van der Waals surface area contributed by atoms with Crippen LogP contribution in [0.25, 0.3) is 0 Å². The number of benzene rings is 2. The molecule has 0 aliphatic carbocycles. The molecular formula is C23H30N2O2S. The number of nitrogens with zero attached hydrogens (tertiary/aromatic N) is 1. The molecule has 0 radical (unpaired) electrons. The van der Waals surface area contributed by atoms with Crippen LogP contribution in [-0.2, 0) is 21.5 Å². The number of carbonyl (C=O) groups excluding carboxylic acids is 2. The van der Waals surface area contributed by atoms with Crippen molar-refractivity contribution >= 4 is 29.3 Å². The van der Waals surface area contributed by atoms with Crippen LogP contribution in [0.1, 0.15) is 37.5 Å². The number of hydrogen-bond donors (Lipinski definition) is 1. The summed E-state index contributed by atoms with van der Waals surface area (Å²) in [6.07, 6.45) is 0. The zero-order valence-electron chi connectivity index (χ0n) is 17.4. The van der Waals surface area contributed by atoms with Crippen molar-refractivity contribution in [3.63, 3.8) is 0 Å². The SMILES string of the molecule is Cc1cccc(NC(=O)CSCC(=O)N(C)Cc2ccc(C(C)(C)C)cc2)c1. The molecule has 0 aromatic heterocycles. The third-order valence-corrected chi connectivity index (χ3v) is 5.34. The van der Waals surface area contributed by atoms with Gasteiger partial charge in [-0.15, -0.1) is 11.8 Å². The van der Waals surface area contributed by atoms with E-state index >= 15 is 0 Å². The average Bonchev–Trinajstić information content (AvgIpc) is 2.61. The van der Waals surface area contributed by atoms with Gasteiger partial charge in [0, 0.05) is 19.3 Å². The van der Waals surface area contributed by atoms with Gasteiger partial charge in [0.05, 0.1) is 11.5 Å². The maximum absolute atomic E-state index is 12.3. The Hall–Kier alpha value is -2.27. The lowest BCUT2D eigenvalue weighted by atomic mass is 9.87. The molecule has 2 aromatic rings. The Kier molecular flexibility index (Phi) is 7.69. The van der Waals surface area contributed by atoms with Crippen LogP contribution >= 0.6 is 11.8 Å². The minimum absolute atomic E-state index is 0.0215. The average molecular weight is 399 g/mol. The summed E-state index contributed by atoms with van der Waals surface area (Å²) in [7, 11) is 1.80. The number of anilines is 1. The van der Waals surface area contributed by atoms with E-state index in [1.165, 1.54) is 17.3 Å². The second-order valence-electron chi connectivity index (χ2n) is 8.11. The second kappa shape index (κ2) is 9.78. The van der Waals surface area contributed by atoms with Crippen LogP contribution in [0.3, 0.4) is 0 Å². The second-order valence-corrected chi connectivity index (χ2v) is 9.09. The standard InChI is InChI=1S/C23H30N2O2S/c1-17-7-6-8-20(13-17)24-21(26)15-28-16-22(27)25(5)14-18-9-11-19(12-10-18)23(2,3)4/h6-13H,14-16H2,1-5H3,(H,24,26). The molecular weight excluding hydrogens is 368 g/mol. The van der Waals surface area contributed by atoms with Gasteiger partial charge in [-0.1, -0.05) is 57.2 Å². The summed E-state index contributed by atoms with van der Waals surface area (Å²) >= 11 is 1.33. The van der Waals surface area contributed by atoms with Gasteiger partial charge in [-0.05, 0) is 41.2 Å². The zero-order chi connectivity index (χ0) is 20.7. The van der Waals surface area contributed by atoms with Crippen LogP contribution in [0, 0.1) is 6.92 Å². The van der Waals surface area contributed by atoms with E-state index in [4.69, 9.17) is 0 Å². The van der Waals surface area contributed by atoms with E-state index < -0.39 is 0 Å². The first kappa shape index (κ1) is 22.0. The van der Waals surface area contributed by atoms with E-state index in [0.717, 1.165) is 16.8 Å². The van der Waals surface area contributed by atoms with Crippen LogP contribution in [0.4, 0.5) is 5.69 Å². The van der Waals surface area contributed by atoms with E-state index in [2.05, 4.69) is 50.4 Å². The summed E-state index contributed by atoms with van der Waals surface area (Å²) in [6, 6.07) is 16.1. The van der Waals surface area contributed by atoms with Gasteiger partial charge in [-0.3, -0.25) is 9.59 Å². The first-order valence-corrected chi connectivity index (χ1v) is 10.6. The van der Waals surface area contributed by atoms with Crippen molar-refractivity contribution in [3.05, 3.63) is 65.2 Å². The van der Waals surface area contributed by atoms with E-state index in [0.29, 0.717) is 6.54 Å². The van der Waals surface area contributed by atoms with Crippen LogP contribution in [-0.4, -0.2) is 35.3 Å². The van der Waals surface area contributed by atoms with E-state index in [1.807, 2.05) is 31.2 Å². The van der Waals surface area contributed by atoms with Crippen molar-refractivity contribution in [2.24, 2.45) is 0 Å². The van der Waals surface area contributed by atoms with E-state index in [-0.39, 0.29) is 28.7 Å². The van der Waals surface area contributed by atoms with Gasteiger partial charge in [-0.2, -0.15) is 0 Å². The minimum atomic E-state index is -0.0937. The predicted molar refractivity (Wildman–Crippen MR) is 119 cm³/mol. The van der Waals surface area contributed by atoms with Crippen LogP contribution in [0.5, 0.6) is 0 Å². The van der Waals surface area contributed by atoms with Crippen LogP contribution in [0.15, 0.2) is 48.5 Å². The number of aryl methyl sites for hydroxylation is 1. The highest BCUT2D eigenvalue weighted by atomic mass is 32.2. The van der Waals surface area contributed by atoms with Gasteiger partial charge in [0.15, 0.2) is 0 Å². The monoisotopic (exact) mass is 398 g/mol. The number of nitrogens with one attached hydrogen (secondary N) is 1. The number of thioether (sulfide) groups is 1. The Bertz CT molecular complexity index is 810. The maximum Gasteiger partial charge on any atom is 0.234 e. The molecule has 5 heteroatoms. The molecule has 0 aliphatic heterocycles. The van der Waals surface area contributed by atoms with Gasteiger partial charge in [0.25, 0.3) is 0 Å². The number of amides is 2. The topological polar surface area (TPSA) is 49.4 Å². The third-order valence-electron chi connectivity index (χ3n) is 4.43. The highest BCUT2D eigenvalue weighted by Crippen LogP contribution is 2.22. The molecule has 0 saturated heterocycles. The molecule has 1 N–H and O–H groups in total. The lowest BCUT2D eigenvalue weighted by Gasteiger charge is -2.21. The normalized spacial score (nSPS) is 11.2. The lowest BCUT2D eigenvalue weighted by Crippen LogP contribution is -2.28. The molecule has 2 amide bonds. The van der Waals surface area contributed by atoms with Crippen LogP contribution in [0.2, 0.25) is 0 Å². The van der Waals surface area contributed by atoms with Gasteiger partial charge in [0.1, 0.15) is 0 Å². The first-order valence-electron chi connectivity index (χ1n) is 9.43. The third kappa shape index (κ3) is 7.04. The number of hydrogen-bond acceptors (Lipinski definition) is 3. The first-order chi connectivity index (χ1) is 13.1. The maximum atomic E-state index is 12.3. The number of carbonyl (C=O) groups is 2. The fourth-order valence-corrected chi connectivity index (χ4v) is 3.49. The predicted octanol–water partition coefficient (Wildman–Crippen LogP) is 4.62. The molecule has 0 saturated carbocycles. The molecule has 0 spiro atoms. The highest BCUT2D eigenvalue weighted by Gasteiger charge is 2.14. The lowest BCUT2D eigenvalue weighted by molar-refractivity contribution is -0.127. The van der Waals surface area contributed by atoms with Crippen molar-refractivity contribution in [1.29, 1.82) is 0 Å². The quantitative estimate of drug-likeness (QED) is 0.740. The van der Waals surface area contributed by atoms with Crippen molar-refractivity contribution in [1.82, 2.24) is 4.90 Å². The Morgan fingerprint density at radius 2 is 1.71 bits per heavy atom. The fraction of sp³-hybridized carbons (Fsp3) is 0.391. The molecule has 0 heterocycles. The van der Waals surface area contributed by atoms with Gasteiger partial charge < -0.3 is 10.2 Å².